The van der Waals surface area contributed by atoms with Crippen molar-refractivity contribution in [3.05, 3.63) is 65.2 Å². The summed E-state index contributed by atoms with van der Waals surface area (Å²) in [6, 6.07) is 17.4. The lowest BCUT2D eigenvalue weighted by Gasteiger charge is -2.21. The molecule has 0 unspecified atom stereocenters. The molecule has 2 rings (SSSR count). The van der Waals surface area contributed by atoms with Crippen LogP contribution in [0.1, 0.15) is 29.6 Å². The highest BCUT2D eigenvalue weighted by Gasteiger charge is 2.17. The molecule has 2 amide bonds. The van der Waals surface area contributed by atoms with Crippen molar-refractivity contribution in [2.75, 3.05) is 24.6 Å². The lowest BCUT2D eigenvalue weighted by atomic mass is 10.2. The van der Waals surface area contributed by atoms with Crippen LogP contribution in [-0.2, 0) is 14.3 Å². The molecule has 0 fully saturated rings. The first-order valence-corrected chi connectivity index (χ1v) is 9.81. The molecule has 0 aliphatic carbocycles. The van der Waals surface area contributed by atoms with Crippen LogP contribution in [0.5, 0.6) is 0 Å². The van der Waals surface area contributed by atoms with Crippen LogP contribution in [0.2, 0.25) is 5.02 Å². The molecule has 2 aromatic rings. The number of benzene rings is 2. The minimum absolute atomic E-state index is 0.0672. The van der Waals surface area contributed by atoms with Gasteiger partial charge in [0.15, 0.2) is 6.61 Å². The van der Waals surface area contributed by atoms with E-state index in [1.165, 1.54) is 4.90 Å². The zero-order valence-corrected chi connectivity index (χ0v) is 17.1. The fourth-order valence-electron chi connectivity index (χ4n) is 2.60. The molecule has 0 saturated carbocycles. The Morgan fingerprint density at radius 2 is 1.77 bits per heavy atom. The number of hydrogen-bond donors (Lipinski definition) is 1. The number of hydrogen-bond acceptors (Lipinski definition) is 5. The summed E-state index contributed by atoms with van der Waals surface area (Å²) in [6.07, 6.45) is 0.614. The van der Waals surface area contributed by atoms with Crippen molar-refractivity contribution in [1.29, 1.82) is 5.26 Å². The quantitative estimate of drug-likeness (QED) is 0.463. The Balaban J connectivity index is 1.72. The van der Waals surface area contributed by atoms with Crippen molar-refractivity contribution in [3.63, 3.8) is 0 Å². The minimum atomic E-state index is -0.530. The van der Waals surface area contributed by atoms with Crippen molar-refractivity contribution in [3.8, 4) is 6.07 Å². The maximum atomic E-state index is 12.4. The Hall–Kier alpha value is -3.37. The number of nitriles is 1. The average Bonchev–Trinajstić information content (AvgIpc) is 2.76. The fourth-order valence-corrected chi connectivity index (χ4v) is 2.72. The van der Waals surface area contributed by atoms with E-state index in [-0.39, 0.29) is 25.3 Å². The molecule has 0 aliphatic heterocycles. The first-order valence-electron chi connectivity index (χ1n) is 9.43. The van der Waals surface area contributed by atoms with E-state index >= 15 is 0 Å². The standard InChI is InChI=1S/C22H22ClN3O4/c23-18-11-9-17(10-12-18)22(29)25-14-4-8-21(28)30-16-20(27)26(15-5-13-24)19-6-2-1-3-7-19/h1-3,6-7,9-12H,4-5,8,14-16H2,(H,25,29). The molecule has 0 heterocycles. The van der Waals surface area contributed by atoms with Crippen LogP contribution in [0.25, 0.3) is 0 Å². The topological polar surface area (TPSA) is 99.5 Å². The molecule has 0 bridgehead atoms. The number of rotatable bonds is 10. The molecule has 0 radical (unpaired) electrons. The van der Waals surface area contributed by atoms with E-state index in [1.54, 1.807) is 48.5 Å². The smallest absolute Gasteiger partial charge is 0.306 e. The van der Waals surface area contributed by atoms with Crippen molar-refractivity contribution < 1.29 is 19.1 Å². The SMILES string of the molecule is N#CCCN(C(=O)COC(=O)CCCNC(=O)c1ccc(Cl)cc1)c1ccccc1. The van der Waals surface area contributed by atoms with Gasteiger partial charge in [-0.25, -0.2) is 0 Å². The van der Waals surface area contributed by atoms with E-state index in [0.29, 0.717) is 29.2 Å². The van der Waals surface area contributed by atoms with E-state index in [0.717, 1.165) is 0 Å². The Morgan fingerprint density at radius 3 is 2.43 bits per heavy atom. The molecule has 0 aliphatic rings. The third kappa shape index (κ3) is 7.57. The van der Waals surface area contributed by atoms with Crippen molar-refractivity contribution in [1.82, 2.24) is 5.32 Å². The van der Waals surface area contributed by atoms with Crippen LogP contribution in [0.4, 0.5) is 5.69 Å². The van der Waals surface area contributed by atoms with Gasteiger partial charge >= 0.3 is 5.97 Å². The first kappa shape index (κ1) is 22.9. The summed E-state index contributed by atoms with van der Waals surface area (Å²) in [5, 5.41) is 12.0. The Morgan fingerprint density at radius 1 is 1.07 bits per heavy atom. The van der Waals surface area contributed by atoms with E-state index in [1.807, 2.05) is 12.1 Å². The summed E-state index contributed by atoms with van der Waals surface area (Å²) in [4.78, 5) is 37.7. The lowest BCUT2D eigenvalue weighted by molar-refractivity contribution is -0.147. The van der Waals surface area contributed by atoms with Gasteiger partial charge in [-0.05, 0) is 42.8 Å². The maximum Gasteiger partial charge on any atom is 0.306 e. The van der Waals surface area contributed by atoms with Gasteiger partial charge in [0, 0.05) is 35.8 Å². The third-order valence-corrected chi connectivity index (χ3v) is 4.37. The number of para-hydroxylation sites is 1. The van der Waals surface area contributed by atoms with Crippen molar-refractivity contribution in [2.45, 2.75) is 19.3 Å². The summed E-state index contributed by atoms with van der Waals surface area (Å²) >= 11 is 5.78. The molecule has 156 valence electrons. The average molecular weight is 428 g/mol. The third-order valence-electron chi connectivity index (χ3n) is 4.12. The summed E-state index contributed by atoms with van der Waals surface area (Å²) in [7, 11) is 0. The normalized spacial score (nSPS) is 10.0. The highest BCUT2D eigenvalue weighted by molar-refractivity contribution is 6.30. The second-order valence-corrected chi connectivity index (χ2v) is 6.75. The van der Waals surface area contributed by atoms with Gasteiger partial charge < -0.3 is 15.0 Å². The van der Waals surface area contributed by atoms with Gasteiger partial charge in [0.2, 0.25) is 0 Å². The molecule has 2 aromatic carbocycles. The molecule has 0 spiro atoms. The van der Waals surface area contributed by atoms with Crippen LogP contribution >= 0.6 is 11.6 Å². The van der Waals surface area contributed by atoms with Crippen LogP contribution in [0.15, 0.2) is 54.6 Å². The van der Waals surface area contributed by atoms with Crippen LogP contribution < -0.4 is 10.2 Å². The van der Waals surface area contributed by atoms with Crippen LogP contribution in [-0.4, -0.2) is 37.5 Å². The van der Waals surface area contributed by atoms with Gasteiger partial charge in [0.25, 0.3) is 11.8 Å². The molecule has 0 saturated heterocycles. The molecule has 8 heteroatoms. The second kappa shape index (κ2) is 12.2. The maximum absolute atomic E-state index is 12.4. The zero-order valence-electron chi connectivity index (χ0n) is 16.3. The number of nitrogens with one attached hydrogen (secondary N) is 1. The van der Waals surface area contributed by atoms with E-state index in [4.69, 9.17) is 21.6 Å². The molecule has 30 heavy (non-hydrogen) atoms. The Kier molecular flexibility index (Phi) is 9.35. The van der Waals surface area contributed by atoms with Crippen LogP contribution in [0, 0.1) is 11.3 Å². The number of esters is 1. The van der Waals surface area contributed by atoms with Gasteiger partial charge in [-0.15, -0.1) is 0 Å². The number of anilines is 1. The highest BCUT2D eigenvalue weighted by Crippen LogP contribution is 2.14. The Labute approximate surface area is 180 Å². The second-order valence-electron chi connectivity index (χ2n) is 6.32. The summed E-state index contributed by atoms with van der Waals surface area (Å²) in [5.74, 6) is -1.19. The summed E-state index contributed by atoms with van der Waals surface area (Å²) in [6.45, 7) is 0.104. The molecule has 7 nitrogen and oxygen atoms in total. The number of amides is 2. The van der Waals surface area contributed by atoms with E-state index in [9.17, 15) is 14.4 Å². The predicted octanol–water partition coefficient (Wildman–Crippen LogP) is 3.34. The molecule has 0 atom stereocenters. The fraction of sp³-hybridized carbons (Fsp3) is 0.273. The summed E-state index contributed by atoms with van der Waals surface area (Å²) < 4.78 is 5.05. The number of ether oxygens (including phenoxy) is 1. The monoisotopic (exact) mass is 427 g/mol. The highest BCUT2D eigenvalue weighted by atomic mass is 35.5. The summed E-state index contributed by atoms with van der Waals surface area (Å²) in [5.41, 5.74) is 1.12. The zero-order chi connectivity index (χ0) is 21.8. The van der Waals surface area contributed by atoms with Gasteiger partial charge in [-0.2, -0.15) is 5.26 Å². The van der Waals surface area contributed by atoms with Crippen molar-refractivity contribution in [2.24, 2.45) is 0 Å². The number of nitrogens with zero attached hydrogens (tertiary/aromatic N) is 2. The van der Waals surface area contributed by atoms with E-state index < -0.39 is 18.5 Å². The first-order chi connectivity index (χ1) is 14.5. The predicted molar refractivity (Wildman–Crippen MR) is 113 cm³/mol. The van der Waals surface area contributed by atoms with Gasteiger partial charge in [0.05, 0.1) is 12.5 Å². The van der Waals surface area contributed by atoms with Gasteiger partial charge in [-0.3, -0.25) is 14.4 Å². The molecule has 1 N–H and O–H groups in total. The minimum Gasteiger partial charge on any atom is -0.456 e. The largest absolute Gasteiger partial charge is 0.456 e. The van der Waals surface area contributed by atoms with Crippen molar-refractivity contribution >= 4 is 35.1 Å². The molecular weight excluding hydrogens is 406 g/mol. The van der Waals surface area contributed by atoms with E-state index in [2.05, 4.69) is 5.32 Å². The molecular formula is C22H22ClN3O4. The van der Waals surface area contributed by atoms with Crippen LogP contribution in [0.3, 0.4) is 0 Å². The number of carbonyl (C=O) groups is 3. The number of carbonyl (C=O) groups excluding carboxylic acids is 3. The van der Waals surface area contributed by atoms with Gasteiger partial charge in [-0.1, -0.05) is 29.8 Å². The lowest BCUT2D eigenvalue weighted by Crippen LogP contribution is -2.35. The number of halogens is 1. The van der Waals surface area contributed by atoms with Gasteiger partial charge in [0.1, 0.15) is 0 Å². The molecule has 0 aromatic heterocycles. The Bertz CT molecular complexity index is 895.